The predicted octanol–water partition coefficient (Wildman–Crippen LogP) is 5.40. The number of nitrogens with zero attached hydrogens (tertiary/aromatic N) is 6. The number of benzene rings is 3. The van der Waals surface area contributed by atoms with Gasteiger partial charge in [-0.15, -0.1) is 10.2 Å². The van der Waals surface area contributed by atoms with Crippen LogP contribution >= 0.6 is 15.9 Å². The van der Waals surface area contributed by atoms with Gasteiger partial charge in [0.05, 0.1) is 12.4 Å². The number of fused-ring (bicyclic) bond motifs is 3. The summed E-state index contributed by atoms with van der Waals surface area (Å²) >= 11 is 3.55. The highest BCUT2D eigenvalue weighted by Gasteiger charge is 2.16. The lowest BCUT2D eigenvalue weighted by atomic mass is 10.1. The van der Waals surface area contributed by atoms with Gasteiger partial charge in [-0.1, -0.05) is 52.3 Å². The number of aromatic amines is 1. The summed E-state index contributed by atoms with van der Waals surface area (Å²) in [5, 5.41) is 17.9. The third kappa shape index (κ3) is 3.90. The van der Waals surface area contributed by atoms with E-state index < -0.39 is 0 Å². The van der Waals surface area contributed by atoms with Gasteiger partial charge in [-0.3, -0.25) is 0 Å². The highest BCUT2D eigenvalue weighted by molar-refractivity contribution is 9.10. The smallest absolute Gasteiger partial charge is 0.204 e. The lowest BCUT2D eigenvalue weighted by molar-refractivity contribution is 0.630. The number of aromatic nitrogens is 7. The average Bonchev–Trinajstić information content (AvgIpc) is 3.42. The van der Waals surface area contributed by atoms with Gasteiger partial charge in [0.1, 0.15) is 17.3 Å². The molecule has 34 heavy (non-hydrogen) atoms. The molecule has 166 valence electrons. The van der Waals surface area contributed by atoms with E-state index in [0.29, 0.717) is 12.2 Å². The van der Waals surface area contributed by atoms with Crippen LogP contribution in [0, 0.1) is 0 Å². The van der Waals surface area contributed by atoms with Crippen molar-refractivity contribution in [2.75, 3.05) is 5.32 Å². The van der Waals surface area contributed by atoms with E-state index in [9.17, 15) is 0 Å². The van der Waals surface area contributed by atoms with Crippen molar-refractivity contribution in [3.63, 3.8) is 0 Å². The Balaban J connectivity index is 1.53. The molecule has 3 aromatic carbocycles. The van der Waals surface area contributed by atoms with E-state index in [-0.39, 0.29) is 0 Å². The van der Waals surface area contributed by atoms with Crippen molar-refractivity contribution in [2.45, 2.75) is 6.42 Å². The van der Waals surface area contributed by atoms with Crippen LogP contribution in [0.2, 0.25) is 0 Å². The van der Waals surface area contributed by atoms with E-state index in [1.54, 1.807) is 7.05 Å². The van der Waals surface area contributed by atoms with Gasteiger partial charge in [0.15, 0.2) is 0 Å². The second-order valence-electron chi connectivity index (χ2n) is 8.00. The summed E-state index contributed by atoms with van der Waals surface area (Å²) in [6.45, 7) is 0. The second-order valence-corrected chi connectivity index (χ2v) is 8.91. The molecule has 0 aliphatic carbocycles. The summed E-state index contributed by atoms with van der Waals surface area (Å²) in [4.78, 5) is 14.7. The number of H-pyrrole nitrogens is 1. The topological polar surface area (TPSA) is 97.2 Å². The normalized spacial score (nSPS) is 11.4. The third-order valence-electron chi connectivity index (χ3n) is 5.56. The molecule has 0 aliphatic rings. The van der Waals surface area contributed by atoms with Crippen molar-refractivity contribution in [3.05, 3.63) is 88.7 Å². The summed E-state index contributed by atoms with van der Waals surface area (Å²) < 4.78 is 0.988. The van der Waals surface area contributed by atoms with E-state index in [2.05, 4.69) is 59.8 Å². The zero-order valence-corrected chi connectivity index (χ0v) is 19.8. The van der Waals surface area contributed by atoms with E-state index in [1.165, 1.54) is 4.80 Å². The SMILES string of the molecule is Cn1nnc(-c2ccc3[nH]c4nc(Cc5ccccc5)nc(Nc5cccc(Br)c5)c4c3c2)n1. The monoisotopic (exact) mass is 510 g/mol. The van der Waals surface area contributed by atoms with Crippen molar-refractivity contribution in [2.24, 2.45) is 7.05 Å². The molecule has 0 radical (unpaired) electrons. The molecule has 0 fully saturated rings. The number of halogens is 1. The molecule has 2 N–H and O–H groups in total. The van der Waals surface area contributed by atoms with Gasteiger partial charge < -0.3 is 10.3 Å². The van der Waals surface area contributed by atoms with Gasteiger partial charge in [-0.05, 0) is 47.2 Å². The maximum Gasteiger partial charge on any atom is 0.204 e. The number of aryl methyl sites for hydroxylation is 1. The van der Waals surface area contributed by atoms with Gasteiger partial charge in [0.25, 0.3) is 0 Å². The first-order valence-electron chi connectivity index (χ1n) is 10.8. The maximum absolute atomic E-state index is 4.94. The summed E-state index contributed by atoms with van der Waals surface area (Å²) in [5.74, 6) is 2.05. The molecule has 9 heteroatoms. The lowest BCUT2D eigenvalue weighted by Gasteiger charge is -2.10. The van der Waals surface area contributed by atoms with Gasteiger partial charge in [0, 0.05) is 33.0 Å². The quantitative estimate of drug-likeness (QED) is 0.322. The fourth-order valence-electron chi connectivity index (χ4n) is 4.03. The number of anilines is 2. The Morgan fingerprint density at radius 1 is 0.971 bits per heavy atom. The van der Waals surface area contributed by atoms with Crippen LogP contribution in [-0.2, 0) is 13.5 Å². The Kier molecular flexibility index (Phi) is 5.03. The van der Waals surface area contributed by atoms with Crippen LogP contribution in [0.5, 0.6) is 0 Å². The zero-order chi connectivity index (χ0) is 23.1. The highest BCUT2D eigenvalue weighted by Crippen LogP contribution is 2.34. The third-order valence-corrected chi connectivity index (χ3v) is 6.05. The molecule has 0 spiro atoms. The van der Waals surface area contributed by atoms with Crippen LogP contribution in [0.1, 0.15) is 11.4 Å². The Hall–Kier alpha value is -4.11. The van der Waals surface area contributed by atoms with Gasteiger partial charge in [-0.2, -0.15) is 4.80 Å². The highest BCUT2D eigenvalue weighted by atomic mass is 79.9. The summed E-state index contributed by atoms with van der Waals surface area (Å²) in [6, 6.07) is 24.3. The lowest BCUT2D eigenvalue weighted by Crippen LogP contribution is -2.02. The fourth-order valence-corrected chi connectivity index (χ4v) is 4.43. The molecule has 0 aliphatic heterocycles. The molecule has 8 nitrogen and oxygen atoms in total. The van der Waals surface area contributed by atoms with Crippen molar-refractivity contribution in [3.8, 4) is 11.4 Å². The van der Waals surface area contributed by atoms with E-state index in [0.717, 1.165) is 54.9 Å². The zero-order valence-electron chi connectivity index (χ0n) is 18.2. The van der Waals surface area contributed by atoms with Crippen LogP contribution in [0.25, 0.3) is 33.3 Å². The number of nitrogens with one attached hydrogen (secondary N) is 2. The van der Waals surface area contributed by atoms with Crippen LogP contribution in [-0.4, -0.2) is 35.2 Å². The van der Waals surface area contributed by atoms with E-state index in [4.69, 9.17) is 9.97 Å². The fraction of sp³-hybridized carbons (Fsp3) is 0.0800. The predicted molar refractivity (Wildman–Crippen MR) is 136 cm³/mol. The largest absolute Gasteiger partial charge is 0.340 e. The van der Waals surface area contributed by atoms with Gasteiger partial charge in [-0.25, -0.2) is 9.97 Å². The molecule has 0 bridgehead atoms. The number of tetrazole rings is 1. The first kappa shape index (κ1) is 20.5. The molecular formula is C25H19BrN8. The summed E-state index contributed by atoms with van der Waals surface area (Å²) in [7, 11) is 1.75. The van der Waals surface area contributed by atoms with E-state index >= 15 is 0 Å². The van der Waals surface area contributed by atoms with Crippen molar-refractivity contribution in [1.29, 1.82) is 0 Å². The number of hydrogen-bond acceptors (Lipinski definition) is 6. The first-order valence-corrected chi connectivity index (χ1v) is 11.5. The Labute approximate surface area is 203 Å². The minimum Gasteiger partial charge on any atom is -0.340 e. The van der Waals surface area contributed by atoms with Crippen molar-refractivity contribution in [1.82, 2.24) is 35.2 Å². The molecule has 6 aromatic rings. The van der Waals surface area contributed by atoms with Crippen LogP contribution < -0.4 is 5.32 Å². The molecule has 0 atom stereocenters. The molecule has 3 heterocycles. The first-order chi connectivity index (χ1) is 16.6. The molecule has 0 saturated carbocycles. The van der Waals surface area contributed by atoms with Crippen LogP contribution in [0.4, 0.5) is 11.5 Å². The number of rotatable bonds is 5. The second kappa shape index (κ2) is 8.35. The molecule has 3 aromatic heterocycles. The molecule has 0 unspecified atom stereocenters. The maximum atomic E-state index is 4.94. The minimum atomic E-state index is 0.571. The summed E-state index contributed by atoms with van der Waals surface area (Å²) in [6.07, 6.45) is 0.633. The van der Waals surface area contributed by atoms with Gasteiger partial charge >= 0.3 is 0 Å². The van der Waals surface area contributed by atoms with Crippen molar-refractivity contribution < 1.29 is 0 Å². The Morgan fingerprint density at radius 2 is 1.85 bits per heavy atom. The average molecular weight is 511 g/mol. The minimum absolute atomic E-state index is 0.571. The number of hydrogen-bond donors (Lipinski definition) is 2. The van der Waals surface area contributed by atoms with Crippen LogP contribution in [0.3, 0.4) is 0 Å². The molecular weight excluding hydrogens is 492 g/mol. The Morgan fingerprint density at radius 3 is 2.65 bits per heavy atom. The van der Waals surface area contributed by atoms with Crippen molar-refractivity contribution >= 4 is 49.4 Å². The molecule has 0 amide bonds. The van der Waals surface area contributed by atoms with Gasteiger partial charge in [0.2, 0.25) is 5.82 Å². The Bertz CT molecular complexity index is 1640. The standard InChI is InChI=1S/C25H19BrN8/c1-34-32-23(31-33-34)16-10-11-20-19(13-16)22-24(27-18-9-5-8-17(26)14-18)29-21(30-25(22)28-20)12-15-6-3-2-4-7-15/h2-11,13-14H,12H2,1H3,(H2,27,28,29,30). The van der Waals surface area contributed by atoms with Crippen LogP contribution in [0.15, 0.2) is 77.3 Å². The summed E-state index contributed by atoms with van der Waals surface area (Å²) in [5.41, 5.74) is 4.70. The molecule has 0 saturated heterocycles. The van der Waals surface area contributed by atoms with E-state index in [1.807, 2.05) is 54.6 Å². The molecule has 6 rings (SSSR count).